The lowest BCUT2D eigenvalue weighted by atomic mass is 10.2. The highest BCUT2D eigenvalue weighted by atomic mass is 35.5. The highest BCUT2D eigenvalue weighted by Crippen LogP contribution is 2.26. The van der Waals surface area contributed by atoms with Gasteiger partial charge in [0, 0.05) is 23.4 Å². The largest absolute Gasteiger partial charge is 0.426 e. The Kier molecular flexibility index (Phi) is 2.94. The van der Waals surface area contributed by atoms with Crippen LogP contribution >= 0.6 is 23.8 Å². The number of H-pyrrole nitrogens is 1. The van der Waals surface area contributed by atoms with Gasteiger partial charge in [0.25, 0.3) is 0 Å². The number of hydrogen-bond acceptors (Lipinski definition) is 3. The Morgan fingerprint density at radius 3 is 2.88 bits per heavy atom. The quantitative estimate of drug-likeness (QED) is 0.625. The molecule has 1 aromatic heterocycles. The number of pyridine rings is 1. The number of ether oxygens (including phenoxy) is 1. The standard InChI is InChI=1S/C11H8ClNO2S/c1-6(14)15-10-5-11(16)13-9-4-7(12)2-3-8(9)10/h2-5H,1H3,(H,13,16). The van der Waals surface area contributed by atoms with Crippen LogP contribution in [0.25, 0.3) is 10.9 Å². The Balaban J connectivity index is 2.72. The summed E-state index contributed by atoms with van der Waals surface area (Å²) in [6.45, 7) is 1.35. The van der Waals surface area contributed by atoms with E-state index in [1.54, 1.807) is 24.3 Å². The van der Waals surface area contributed by atoms with E-state index in [1.807, 2.05) is 0 Å². The van der Waals surface area contributed by atoms with Gasteiger partial charge in [-0.2, -0.15) is 0 Å². The van der Waals surface area contributed by atoms with Gasteiger partial charge >= 0.3 is 5.97 Å². The van der Waals surface area contributed by atoms with Crippen molar-refractivity contribution in [3.8, 4) is 5.75 Å². The van der Waals surface area contributed by atoms with Crippen LogP contribution in [0.5, 0.6) is 5.75 Å². The minimum atomic E-state index is -0.378. The predicted octanol–water partition coefficient (Wildman–Crippen LogP) is 3.48. The summed E-state index contributed by atoms with van der Waals surface area (Å²) in [5, 5.41) is 1.37. The maximum absolute atomic E-state index is 10.9. The van der Waals surface area contributed by atoms with E-state index in [2.05, 4.69) is 4.98 Å². The second kappa shape index (κ2) is 4.23. The minimum absolute atomic E-state index is 0.378. The molecule has 0 saturated heterocycles. The average Bonchev–Trinajstić information content (AvgIpc) is 2.15. The Hall–Kier alpha value is -1.39. The fourth-order valence-corrected chi connectivity index (χ4v) is 1.83. The van der Waals surface area contributed by atoms with Crippen molar-refractivity contribution in [2.24, 2.45) is 0 Å². The van der Waals surface area contributed by atoms with Crippen LogP contribution < -0.4 is 4.74 Å². The average molecular weight is 254 g/mol. The molecule has 0 saturated carbocycles. The van der Waals surface area contributed by atoms with Crippen molar-refractivity contribution in [2.75, 3.05) is 0 Å². The summed E-state index contributed by atoms with van der Waals surface area (Å²) in [6.07, 6.45) is 0. The molecule has 0 aliphatic carbocycles. The molecule has 0 fully saturated rings. The number of rotatable bonds is 1. The summed E-state index contributed by atoms with van der Waals surface area (Å²) in [7, 11) is 0. The van der Waals surface area contributed by atoms with Crippen molar-refractivity contribution in [1.82, 2.24) is 4.98 Å². The second-order valence-electron chi connectivity index (χ2n) is 3.28. The summed E-state index contributed by atoms with van der Waals surface area (Å²) in [5.74, 6) is 0.0692. The van der Waals surface area contributed by atoms with E-state index < -0.39 is 0 Å². The molecule has 0 bridgehead atoms. The molecule has 0 amide bonds. The van der Waals surface area contributed by atoms with Crippen molar-refractivity contribution in [2.45, 2.75) is 6.92 Å². The molecule has 1 N–H and O–H groups in total. The number of benzene rings is 1. The molecule has 1 heterocycles. The van der Waals surface area contributed by atoms with E-state index in [0.717, 1.165) is 10.9 Å². The maximum Gasteiger partial charge on any atom is 0.308 e. The molecule has 0 atom stereocenters. The first-order chi connectivity index (χ1) is 7.56. The molecule has 0 radical (unpaired) electrons. The second-order valence-corrected chi connectivity index (χ2v) is 4.16. The summed E-state index contributed by atoms with van der Waals surface area (Å²) in [6, 6.07) is 6.85. The molecule has 2 rings (SSSR count). The van der Waals surface area contributed by atoms with Crippen LogP contribution in [0.15, 0.2) is 24.3 Å². The van der Waals surface area contributed by atoms with Gasteiger partial charge in [-0.05, 0) is 18.2 Å². The summed E-state index contributed by atoms with van der Waals surface area (Å²) in [5.41, 5.74) is 0.747. The third-order valence-corrected chi connectivity index (χ3v) is 2.48. The van der Waals surface area contributed by atoms with Crippen molar-refractivity contribution in [3.05, 3.63) is 33.9 Å². The van der Waals surface area contributed by atoms with Gasteiger partial charge < -0.3 is 9.72 Å². The number of aromatic amines is 1. The molecular formula is C11H8ClNO2S. The van der Waals surface area contributed by atoms with E-state index in [-0.39, 0.29) is 5.97 Å². The van der Waals surface area contributed by atoms with Gasteiger partial charge in [-0.15, -0.1) is 0 Å². The number of aromatic nitrogens is 1. The first-order valence-electron chi connectivity index (χ1n) is 4.57. The van der Waals surface area contributed by atoms with Gasteiger partial charge in [-0.25, -0.2) is 0 Å². The Morgan fingerprint density at radius 1 is 1.44 bits per heavy atom. The summed E-state index contributed by atoms with van der Waals surface area (Å²) >= 11 is 10.9. The first kappa shape index (κ1) is 11.1. The van der Waals surface area contributed by atoms with Crippen molar-refractivity contribution < 1.29 is 9.53 Å². The Labute approximate surface area is 102 Å². The Bertz CT molecular complexity index is 621. The molecule has 0 aliphatic heterocycles. The zero-order valence-corrected chi connectivity index (χ0v) is 9.98. The number of fused-ring (bicyclic) bond motifs is 1. The molecule has 3 nitrogen and oxygen atoms in total. The van der Waals surface area contributed by atoms with Crippen molar-refractivity contribution >= 4 is 40.7 Å². The summed E-state index contributed by atoms with van der Waals surface area (Å²) < 4.78 is 5.57. The zero-order valence-electron chi connectivity index (χ0n) is 8.41. The number of halogens is 1. The van der Waals surface area contributed by atoms with Crippen LogP contribution in [0.2, 0.25) is 5.02 Å². The SMILES string of the molecule is CC(=O)Oc1cc(=S)[nH]c2cc(Cl)ccc12. The van der Waals surface area contributed by atoms with Crippen LogP contribution in [0.4, 0.5) is 0 Å². The van der Waals surface area contributed by atoms with E-state index in [9.17, 15) is 4.79 Å². The van der Waals surface area contributed by atoms with Crippen LogP contribution in [0.1, 0.15) is 6.92 Å². The van der Waals surface area contributed by atoms with Gasteiger partial charge in [0.05, 0.1) is 5.52 Å². The van der Waals surface area contributed by atoms with Crippen LogP contribution in [-0.4, -0.2) is 11.0 Å². The molecule has 0 unspecified atom stereocenters. The molecule has 2 aromatic rings. The molecular weight excluding hydrogens is 246 g/mol. The molecule has 16 heavy (non-hydrogen) atoms. The highest BCUT2D eigenvalue weighted by molar-refractivity contribution is 7.71. The third kappa shape index (κ3) is 2.23. The highest BCUT2D eigenvalue weighted by Gasteiger charge is 2.05. The third-order valence-electron chi connectivity index (χ3n) is 2.02. The topological polar surface area (TPSA) is 42.1 Å². The monoisotopic (exact) mass is 253 g/mol. The number of nitrogens with one attached hydrogen (secondary N) is 1. The van der Waals surface area contributed by atoms with Gasteiger partial charge in [-0.3, -0.25) is 4.79 Å². The normalized spacial score (nSPS) is 10.4. The van der Waals surface area contributed by atoms with Gasteiger partial charge in [-0.1, -0.05) is 23.8 Å². The van der Waals surface area contributed by atoms with E-state index in [1.165, 1.54) is 6.92 Å². The van der Waals surface area contributed by atoms with E-state index >= 15 is 0 Å². The zero-order chi connectivity index (χ0) is 11.7. The van der Waals surface area contributed by atoms with Gasteiger partial charge in [0.15, 0.2) is 0 Å². The van der Waals surface area contributed by atoms with Crippen LogP contribution in [0.3, 0.4) is 0 Å². The molecule has 5 heteroatoms. The number of hydrogen-bond donors (Lipinski definition) is 1. The number of carbonyl (C=O) groups is 1. The maximum atomic E-state index is 10.9. The molecule has 0 spiro atoms. The van der Waals surface area contributed by atoms with Crippen LogP contribution in [-0.2, 0) is 4.79 Å². The fraction of sp³-hybridized carbons (Fsp3) is 0.0909. The Morgan fingerprint density at radius 2 is 2.19 bits per heavy atom. The molecule has 1 aromatic carbocycles. The smallest absolute Gasteiger partial charge is 0.308 e. The summed E-state index contributed by atoms with van der Waals surface area (Å²) in [4.78, 5) is 13.9. The lowest BCUT2D eigenvalue weighted by molar-refractivity contribution is -0.131. The van der Waals surface area contributed by atoms with Crippen molar-refractivity contribution in [1.29, 1.82) is 0 Å². The van der Waals surface area contributed by atoms with E-state index in [0.29, 0.717) is 15.4 Å². The lowest BCUT2D eigenvalue weighted by Gasteiger charge is -2.06. The van der Waals surface area contributed by atoms with Gasteiger partial charge in [0.1, 0.15) is 10.4 Å². The lowest BCUT2D eigenvalue weighted by Crippen LogP contribution is -2.02. The predicted molar refractivity (Wildman–Crippen MR) is 65.5 cm³/mol. The first-order valence-corrected chi connectivity index (χ1v) is 5.36. The minimum Gasteiger partial charge on any atom is -0.426 e. The molecule has 82 valence electrons. The van der Waals surface area contributed by atoms with Crippen molar-refractivity contribution in [3.63, 3.8) is 0 Å². The fourth-order valence-electron chi connectivity index (χ4n) is 1.44. The van der Waals surface area contributed by atoms with Crippen LogP contribution in [0, 0.1) is 4.64 Å². The number of carbonyl (C=O) groups excluding carboxylic acids is 1. The number of esters is 1. The van der Waals surface area contributed by atoms with E-state index in [4.69, 9.17) is 28.6 Å². The molecule has 0 aliphatic rings. The van der Waals surface area contributed by atoms with Gasteiger partial charge in [0.2, 0.25) is 0 Å².